The van der Waals surface area contributed by atoms with E-state index in [1.807, 2.05) is 5.38 Å². The first-order chi connectivity index (χ1) is 13.2. The van der Waals surface area contributed by atoms with Gasteiger partial charge in [-0.15, -0.1) is 11.3 Å². The Morgan fingerprint density at radius 3 is 3.04 bits per heavy atom. The van der Waals surface area contributed by atoms with Gasteiger partial charge in [0.05, 0.1) is 11.3 Å². The van der Waals surface area contributed by atoms with Crippen LogP contribution >= 0.6 is 11.3 Å². The third kappa shape index (κ3) is 5.13. The second-order valence-electron chi connectivity index (χ2n) is 6.32. The number of aryl methyl sites for hydroxylation is 1. The third-order valence-electron chi connectivity index (χ3n) is 4.27. The molecule has 0 unspecified atom stereocenters. The van der Waals surface area contributed by atoms with Gasteiger partial charge < -0.3 is 15.5 Å². The molecule has 0 radical (unpaired) electrons. The molecule has 2 heterocycles. The van der Waals surface area contributed by atoms with Crippen LogP contribution in [0.15, 0.2) is 34.6 Å². The third-order valence-corrected chi connectivity index (χ3v) is 5.07. The van der Waals surface area contributed by atoms with E-state index in [1.165, 1.54) is 0 Å². The molecule has 0 spiro atoms. The first-order valence-corrected chi connectivity index (χ1v) is 9.85. The second kappa shape index (κ2) is 9.27. The molecule has 7 nitrogen and oxygen atoms in total. The van der Waals surface area contributed by atoms with Crippen LogP contribution in [0.3, 0.4) is 0 Å². The molecule has 2 N–H and O–H groups in total. The molecule has 1 aromatic carbocycles. The van der Waals surface area contributed by atoms with E-state index in [2.05, 4.69) is 20.6 Å². The molecule has 27 heavy (non-hydrogen) atoms. The van der Waals surface area contributed by atoms with Crippen LogP contribution in [0.4, 0.5) is 5.13 Å². The average Bonchev–Trinajstić information content (AvgIpc) is 3.15. The number of aliphatic imine (C=N–C) groups is 1. The van der Waals surface area contributed by atoms with Crippen molar-refractivity contribution < 1.29 is 9.59 Å². The number of thiazole rings is 1. The number of carbonyl (C=O) groups excluding carboxylic acids is 2. The van der Waals surface area contributed by atoms with Crippen molar-refractivity contribution in [3.05, 3.63) is 46.5 Å². The SMILES string of the molecule is CN(CCCc1csc(NC2=NCCCN2)n1)C(=O)c1ccccc1C=O. The van der Waals surface area contributed by atoms with Crippen LogP contribution in [0.25, 0.3) is 0 Å². The number of aromatic nitrogens is 1. The fourth-order valence-electron chi connectivity index (χ4n) is 2.80. The Kier molecular flexibility index (Phi) is 6.54. The molecule has 0 saturated heterocycles. The summed E-state index contributed by atoms with van der Waals surface area (Å²) >= 11 is 1.55. The number of amides is 1. The summed E-state index contributed by atoms with van der Waals surface area (Å²) in [5.41, 5.74) is 1.85. The largest absolute Gasteiger partial charge is 0.356 e. The van der Waals surface area contributed by atoms with Crippen molar-refractivity contribution in [3.8, 4) is 0 Å². The zero-order valence-corrected chi connectivity index (χ0v) is 16.1. The van der Waals surface area contributed by atoms with Crippen LogP contribution in [0, 0.1) is 0 Å². The fraction of sp³-hybridized carbons (Fsp3) is 0.368. The number of anilines is 1. The number of hydrogen-bond donors (Lipinski definition) is 2. The summed E-state index contributed by atoms with van der Waals surface area (Å²) in [6, 6.07) is 6.86. The van der Waals surface area contributed by atoms with Gasteiger partial charge in [0, 0.05) is 37.6 Å². The van der Waals surface area contributed by atoms with Crippen LogP contribution in [-0.4, -0.2) is 54.7 Å². The van der Waals surface area contributed by atoms with Crippen LogP contribution in [0.1, 0.15) is 39.3 Å². The molecule has 1 aliphatic heterocycles. The van der Waals surface area contributed by atoms with E-state index in [1.54, 1.807) is 47.5 Å². The van der Waals surface area contributed by atoms with Crippen LogP contribution in [0.2, 0.25) is 0 Å². The average molecular weight is 385 g/mol. The molecule has 1 aliphatic rings. The monoisotopic (exact) mass is 385 g/mol. The van der Waals surface area contributed by atoms with Gasteiger partial charge in [0.15, 0.2) is 17.4 Å². The van der Waals surface area contributed by atoms with Crippen LogP contribution in [0.5, 0.6) is 0 Å². The minimum Gasteiger partial charge on any atom is -0.356 e. The maximum Gasteiger partial charge on any atom is 0.254 e. The lowest BCUT2D eigenvalue weighted by molar-refractivity contribution is 0.0790. The molecule has 0 atom stereocenters. The number of aldehydes is 1. The standard InChI is InChI=1S/C19H23N5O2S/c1-24(17(26)16-8-3-2-6-14(16)12-25)11-4-7-15-13-27-19(22-15)23-18-20-9-5-10-21-18/h2-3,6,8,12-13H,4-5,7,9-11H2,1H3,(H2,20,21,22,23). The number of nitrogens with one attached hydrogen (secondary N) is 2. The molecule has 3 rings (SSSR count). The van der Waals surface area contributed by atoms with Crippen molar-refractivity contribution in [2.24, 2.45) is 4.99 Å². The summed E-state index contributed by atoms with van der Waals surface area (Å²) in [6.07, 6.45) is 3.35. The molecule has 0 bridgehead atoms. The van der Waals surface area contributed by atoms with E-state index in [9.17, 15) is 9.59 Å². The van der Waals surface area contributed by atoms with E-state index < -0.39 is 0 Å². The number of carbonyl (C=O) groups is 2. The molecule has 0 saturated carbocycles. The number of rotatable bonds is 7. The summed E-state index contributed by atoms with van der Waals surface area (Å²) < 4.78 is 0. The fourth-order valence-corrected chi connectivity index (χ4v) is 3.54. The van der Waals surface area contributed by atoms with Gasteiger partial charge in [-0.2, -0.15) is 0 Å². The topological polar surface area (TPSA) is 86.7 Å². The molecular weight excluding hydrogens is 362 g/mol. The van der Waals surface area contributed by atoms with Crippen molar-refractivity contribution in [1.29, 1.82) is 0 Å². The maximum absolute atomic E-state index is 12.5. The molecule has 142 valence electrons. The van der Waals surface area contributed by atoms with Gasteiger partial charge in [-0.3, -0.25) is 14.6 Å². The Morgan fingerprint density at radius 2 is 2.26 bits per heavy atom. The summed E-state index contributed by atoms with van der Waals surface area (Å²) in [4.78, 5) is 34.2. The molecule has 8 heteroatoms. The van der Waals surface area contributed by atoms with E-state index >= 15 is 0 Å². The van der Waals surface area contributed by atoms with Crippen molar-refractivity contribution >= 4 is 34.6 Å². The van der Waals surface area contributed by atoms with E-state index in [0.717, 1.165) is 55.4 Å². The molecule has 2 aromatic rings. The van der Waals surface area contributed by atoms with Gasteiger partial charge in [-0.1, -0.05) is 18.2 Å². The van der Waals surface area contributed by atoms with Gasteiger partial charge in [-0.05, 0) is 25.3 Å². The van der Waals surface area contributed by atoms with E-state index in [0.29, 0.717) is 17.7 Å². The number of nitrogens with zero attached hydrogens (tertiary/aromatic N) is 3. The molecule has 1 aromatic heterocycles. The smallest absolute Gasteiger partial charge is 0.254 e. The minimum atomic E-state index is -0.139. The number of hydrogen-bond acceptors (Lipinski definition) is 7. The lowest BCUT2D eigenvalue weighted by Crippen LogP contribution is -2.35. The molecule has 0 aliphatic carbocycles. The highest BCUT2D eigenvalue weighted by Crippen LogP contribution is 2.17. The normalized spacial score (nSPS) is 13.4. The van der Waals surface area contributed by atoms with E-state index in [-0.39, 0.29) is 5.91 Å². The Hall–Kier alpha value is -2.74. The van der Waals surface area contributed by atoms with Crippen molar-refractivity contribution in [2.75, 3.05) is 32.0 Å². The Morgan fingerprint density at radius 1 is 1.41 bits per heavy atom. The van der Waals surface area contributed by atoms with Crippen LogP contribution in [-0.2, 0) is 6.42 Å². The number of benzene rings is 1. The zero-order chi connectivity index (χ0) is 19.1. The Labute approximate surface area is 162 Å². The van der Waals surface area contributed by atoms with Crippen LogP contribution < -0.4 is 10.6 Å². The summed E-state index contributed by atoms with van der Waals surface area (Å²) in [6.45, 7) is 2.36. The summed E-state index contributed by atoms with van der Waals surface area (Å²) in [7, 11) is 1.75. The quantitative estimate of drug-likeness (QED) is 0.715. The highest BCUT2D eigenvalue weighted by Gasteiger charge is 2.15. The van der Waals surface area contributed by atoms with Gasteiger partial charge in [0.25, 0.3) is 5.91 Å². The van der Waals surface area contributed by atoms with Crippen molar-refractivity contribution in [2.45, 2.75) is 19.3 Å². The Bertz CT molecular complexity index is 833. The van der Waals surface area contributed by atoms with Gasteiger partial charge in [0.2, 0.25) is 0 Å². The van der Waals surface area contributed by atoms with Crippen molar-refractivity contribution in [3.63, 3.8) is 0 Å². The Balaban J connectivity index is 1.48. The molecular formula is C19H23N5O2S. The van der Waals surface area contributed by atoms with Crippen molar-refractivity contribution in [1.82, 2.24) is 15.2 Å². The van der Waals surface area contributed by atoms with Gasteiger partial charge >= 0.3 is 0 Å². The zero-order valence-electron chi connectivity index (χ0n) is 15.3. The highest BCUT2D eigenvalue weighted by molar-refractivity contribution is 7.13. The lowest BCUT2D eigenvalue weighted by atomic mass is 10.1. The summed E-state index contributed by atoms with van der Waals surface area (Å²) in [5.74, 6) is 0.640. The van der Waals surface area contributed by atoms with Gasteiger partial charge in [-0.25, -0.2) is 4.98 Å². The highest BCUT2D eigenvalue weighted by atomic mass is 32.1. The first-order valence-electron chi connectivity index (χ1n) is 8.97. The second-order valence-corrected chi connectivity index (χ2v) is 7.17. The maximum atomic E-state index is 12.5. The first kappa shape index (κ1) is 19.0. The molecule has 0 fully saturated rings. The minimum absolute atomic E-state index is 0.139. The number of guanidine groups is 1. The van der Waals surface area contributed by atoms with Gasteiger partial charge in [0.1, 0.15) is 0 Å². The predicted molar refractivity (Wildman–Crippen MR) is 108 cm³/mol. The summed E-state index contributed by atoms with van der Waals surface area (Å²) in [5, 5.41) is 9.26. The molecule has 1 amide bonds. The lowest BCUT2D eigenvalue weighted by Gasteiger charge is -2.17. The van der Waals surface area contributed by atoms with E-state index in [4.69, 9.17) is 0 Å². The predicted octanol–water partition coefficient (Wildman–Crippen LogP) is 2.42.